The van der Waals surface area contributed by atoms with E-state index in [9.17, 15) is 9.59 Å². The Kier molecular flexibility index (Phi) is 5.34. The van der Waals surface area contributed by atoms with Gasteiger partial charge in [0, 0.05) is 34.9 Å². The number of carbonyl (C=O) groups is 2. The van der Waals surface area contributed by atoms with Gasteiger partial charge in [-0.25, -0.2) is 0 Å². The van der Waals surface area contributed by atoms with E-state index < -0.39 is 0 Å². The summed E-state index contributed by atoms with van der Waals surface area (Å²) in [5.41, 5.74) is 12.8. The lowest BCUT2D eigenvalue weighted by Crippen LogP contribution is -2.12. The van der Waals surface area contributed by atoms with Gasteiger partial charge in [0.15, 0.2) is 0 Å². The zero-order valence-electron chi connectivity index (χ0n) is 11.4. The molecule has 0 aliphatic carbocycles. The Balaban J connectivity index is 2.76. The minimum Gasteiger partial charge on any atom is -0.402 e. The zero-order chi connectivity index (χ0) is 15.1. The van der Waals surface area contributed by atoms with E-state index in [1.54, 1.807) is 38.1 Å². The highest BCUT2D eigenvalue weighted by molar-refractivity contribution is 6.02. The van der Waals surface area contributed by atoms with Crippen LogP contribution in [0.2, 0.25) is 0 Å². The number of benzene rings is 1. The van der Waals surface area contributed by atoms with Crippen LogP contribution >= 0.6 is 0 Å². The van der Waals surface area contributed by atoms with E-state index in [2.05, 4.69) is 10.6 Å². The minimum atomic E-state index is -0.328. The summed E-state index contributed by atoms with van der Waals surface area (Å²) in [5.74, 6) is -0.655. The molecule has 1 aromatic rings. The van der Waals surface area contributed by atoms with Gasteiger partial charge in [-0.3, -0.25) is 9.59 Å². The van der Waals surface area contributed by atoms with Gasteiger partial charge in [-0.15, -0.1) is 0 Å². The molecule has 6 heteroatoms. The Morgan fingerprint density at radius 1 is 0.950 bits per heavy atom. The third-order valence-corrected chi connectivity index (χ3v) is 2.12. The highest BCUT2D eigenvalue weighted by Gasteiger charge is 2.02. The van der Waals surface area contributed by atoms with Gasteiger partial charge in [0.05, 0.1) is 0 Å². The van der Waals surface area contributed by atoms with Crippen molar-refractivity contribution in [2.75, 3.05) is 10.6 Å². The average molecular weight is 274 g/mol. The van der Waals surface area contributed by atoms with Gasteiger partial charge in [-0.1, -0.05) is 6.07 Å². The molecule has 0 spiro atoms. The van der Waals surface area contributed by atoms with E-state index in [-0.39, 0.29) is 11.8 Å². The van der Waals surface area contributed by atoms with Crippen LogP contribution in [0.4, 0.5) is 11.4 Å². The predicted octanol–water partition coefficient (Wildman–Crippen LogP) is 1.29. The van der Waals surface area contributed by atoms with Crippen molar-refractivity contribution < 1.29 is 9.59 Å². The second-order valence-corrected chi connectivity index (χ2v) is 4.34. The number of amides is 2. The van der Waals surface area contributed by atoms with Crippen molar-refractivity contribution in [2.24, 2.45) is 11.5 Å². The first-order valence-electron chi connectivity index (χ1n) is 5.96. The third-order valence-electron chi connectivity index (χ3n) is 2.12. The lowest BCUT2D eigenvalue weighted by Gasteiger charge is -2.06. The SMILES string of the molecule is C/C(N)=C/C(=O)Nc1cccc(NC(=O)/C=C(/C)N)c1. The average Bonchev–Trinajstić information content (AvgIpc) is 2.26. The molecule has 20 heavy (non-hydrogen) atoms. The Morgan fingerprint density at radius 2 is 1.35 bits per heavy atom. The number of rotatable bonds is 4. The highest BCUT2D eigenvalue weighted by atomic mass is 16.2. The normalized spacial score (nSPS) is 11.9. The summed E-state index contributed by atoms with van der Waals surface area (Å²) < 4.78 is 0. The molecule has 0 fully saturated rings. The molecule has 0 aliphatic rings. The van der Waals surface area contributed by atoms with Crippen molar-refractivity contribution >= 4 is 23.2 Å². The lowest BCUT2D eigenvalue weighted by atomic mass is 10.2. The van der Waals surface area contributed by atoms with E-state index in [1.165, 1.54) is 12.2 Å². The Hall–Kier alpha value is -2.76. The minimum absolute atomic E-state index is 0.328. The number of carbonyl (C=O) groups excluding carboxylic acids is 2. The summed E-state index contributed by atoms with van der Waals surface area (Å²) in [6.45, 7) is 3.25. The van der Waals surface area contributed by atoms with Gasteiger partial charge < -0.3 is 22.1 Å². The topological polar surface area (TPSA) is 110 Å². The number of nitrogens with two attached hydrogens (primary N) is 2. The van der Waals surface area contributed by atoms with Gasteiger partial charge in [0.2, 0.25) is 11.8 Å². The van der Waals surface area contributed by atoms with Crippen LogP contribution in [-0.2, 0) is 9.59 Å². The molecule has 1 aromatic carbocycles. The second kappa shape index (κ2) is 6.98. The Bertz CT molecular complexity index is 521. The number of allylic oxidation sites excluding steroid dienone is 2. The molecule has 0 saturated carbocycles. The summed E-state index contributed by atoms with van der Waals surface area (Å²) in [6, 6.07) is 6.76. The van der Waals surface area contributed by atoms with Crippen LogP contribution in [0.15, 0.2) is 47.8 Å². The van der Waals surface area contributed by atoms with Crippen LogP contribution in [0.3, 0.4) is 0 Å². The molecule has 0 unspecified atom stereocenters. The van der Waals surface area contributed by atoms with E-state index in [0.29, 0.717) is 22.8 Å². The summed E-state index contributed by atoms with van der Waals surface area (Å²) in [7, 11) is 0. The van der Waals surface area contributed by atoms with Crippen molar-refractivity contribution in [2.45, 2.75) is 13.8 Å². The molecule has 0 saturated heterocycles. The molecular formula is C14H18N4O2. The number of nitrogens with one attached hydrogen (secondary N) is 2. The number of hydrogen-bond acceptors (Lipinski definition) is 4. The fourth-order valence-electron chi connectivity index (χ4n) is 1.44. The van der Waals surface area contributed by atoms with Gasteiger partial charge in [-0.05, 0) is 32.0 Å². The quantitative estimate of drug-likeness (QED) is 0.620. The molecule has 1 rings (SSSR count). The molecule has 0 aromatic heterocycles. The van der Waals surface area contributed by atoms with Crippen LogP contribution in [-0.4, -0.2) is 11.8 Å². The summed E-state index contributed by atoms with van der Waals surface area (Å²) >= 11 is 0. The maximum absolute atomic E-state index is 11.5. The van der Waals surface area contributed by atoms with Crippen LogP contribution in [0, 0.1) is 0 Å². The second-order valence-electron chi connectivity index (χ2n) is 4.34. The van der Waals surface area contributed by atoms with Crippen molar-refractivity contribution in [3.63, 3.8) is 0 Å². The van der Waals surface area contributed by atoms with E-state index in [0.717, 1.165) is 0 Å². The molecule has 2 amide bonds. The van der Waals surface area contributed by atoms with Crippen LogP contribution in [0.25, 0.3) is 0 Å². The Labute approximate surface area is 117 Å². The zero-order valence-corrected chi connectivity index (χ0v) is 11.4. The van der Waals surface area contributed by atoms with Gasteiger partial charge in [0.1, 0.15) is 0 Å². The van der Waals surface area contributed by atoms with Gasteiger partial charge in [-0.2, -0.15) is 0 Å². The highest BCUT2D eigenvalue weighted by Crippen LogP contribution is 2.15. The molecule has 106 valence electrons. The van der Waals surface area contributed by atoms with E-state index in [1.807, 2.05) is 0 Å². The predicted molar refractivity (Wildman–Crippen MR) is 79.6 cm³/mol. The number of hydrogen-bond donors (Lipinski definition) is 4. The van der Waals surface area contributed by atoms with Crippen molar-refractivity contribution in [3.05, 3.63) is 47.8 Å². The summed E-state index contributed by atoms with van der Waals surface area (Å²) in [6.07, 6.45) is 2.57. The molecule has 0 heterocycles. The molecule has 0 aliphatic heterocycles. The first-order chi connectivity index (χ1) is 9.36. The van der Waals surface area contributed by atoms with Crippen LogP contribution in [0.5, 0.6) is 0 Å². The molecular weight excluding hydrogens is 256 g/mol. The largest absolute Gasteiger partial charge is 0.402 e. The molecule has 0 bridgehead atoms. The fourth-order valence-corrected chi connectivity index (χ4v) is 1.44. The van der Waals surface area contributed by atoms with Crippen molar-refractivity contribution in [3.8, 4) is 0 Å². The maximum atomic E-state index is 11.5. The Morgan fingerprint density at radius 3 is 1.70 bits per heavy atom. The van der Waals surface area contributed by atoms with Crippen molar-refractivity contribution in [1.82, 2.24) is 0 Å². The maximum Gasteiger partial charge on any atom is 0.250 e. The third kappa shape index (κ3) is 5.72. The first kappa shape index (κ1) is 15.3. The van der Waals surface area contributed by atoms with Gasteiger partial charge >= 0.3 is 0 Å². The molecule has 0 radical (unpaired) electrons. The van der Waals surface area contributed by atoms with E-state index >= 15 is 0 Å². The smallest absolute Gasteiger partial charge is 0.250 e. The van der Waals surface area contributed by atoms with Crippen molar-refractivity contribution in [1.29, 1.82) is 0 Å². The molecule has 6 N–H and O–H groups in total. The monoisotopic (exact) mass is 274 g/mol. The molecule has 0 atom stereocenters. The van der Waals surface area contributed by atoms with E-state index in [4.69, 9.17) is 11.5 Å². The fraction of sp³-hybridized carbons (Fsp3) is 0.143. The first-order valence-corrected chi connectivity index (χ1v) is 5.96. The van der Waals surface area contributed by atoms with Crippen LogP contribution in [0.1, 0.15) is 13.8 Å². The van der Waals surface area contributed by atoms with Gasteiger partial charge in [0.25, 0.3) is 0 Å². The standard InChI is InChI=1S/C14H18N4O2/c1-9(15)6-13(19)17-11-4-3-5-12(8-11)18-14(20)7-10(2)16/h3-8H,15-16H2,1-2H3,(H,17,19)(H,18,20)/b9-6-,10-7-. The number of anilines is 2. The van der Waals surface area contributed by atoms with Crippen LogP contribution < -0.4 is 22.1 Å². The summed E-state index contributed by atoms with van der Waals surface area (Å²) in [5, 5.41) is 5.28. The lowest BCUT2D eigenvalue weighted by molar-refractivity contribution is -0.112. The summed E-state index contributed by atoms with van der Waals surface area (Å²) in [4.78, 5) is 23.0. The molecule has 6 nitrogen and oxygen atoms in total.